The molecule has 90 valence electrons. The predicted molar refractivity (Wildman–Crippen MR) is 63.4 cm³/mol. The number of imidazole rings is 1. The van der Waals surface area contributed by atoms with Gasteiger partial charge in [0.2, 0.25) is 0 Å². The highest BCUT2D eigenvalue weighted by Gasteiger charge is 2.05. The van der Waals surface area contributed by atoms with Crippen LogP contribution in [0.4, 0.5) is 4.39 Å². The standard InChI is InChI=1S/C13H15FN2O/c1-3-16-8-10(2)15-13(16)9-17-12-6-4-5-11(14)7-12/h4-8H,3,9H2,1-2H3. The molecule has 0 radical (unpaired) electrons. The van der Waals surface area contributed by atoms with E-state index in [1.54, 1.807) is 12.1 Å². The Kier molecular flexibility index (Phi) is 3.42. The van der Waals surface area contributed by atoms with Crippen molar-refractivity contribution in [1.29, 1.82) is 0 Å². The Hall–Kier alpha value is -1.84. The molecule has 0 saturated carbocycles. The summed E-state index contributed by atoms with van der Waals surface area (Å²) in [5.41, 5.74) is 0.963. The molecule has 0 aliphatic carbocycles. The van der Waals surface area contributed by atoms with Gasteiger partial charge >= 0.3 is 0 Å². The highest BCUT2D eigenvalue weighted by Crippen LogP contribution is 2.14. The maximum Gasteiger partial charge on any atom is 0.147 e. The second-order valence-electron chi connectivity index (χ2n) is 3.83. The molecule has 0 unspecified atom stereocenters. The van der Waals surface area contributed by atoms with E-state index in [2.05, 4.69) is 4.98 Å². The smallest absolute Gasteiger partial charge is 0.147 e. The number of halogens is 1. The van der Waals surface area contributed by atoms with Crippen molar-refractivity contribution in [2.75, 3.05) is 0 Å². The van der Waals surface area contributed by atoms with Crippen molar-refractivity contribution in [3.8, 4) is 5.75 Å². The van der Waals surface area contributed by atoms with Gasteiger partial charge in [0.05, 0.1) is 5.69 Å². The Morgan fingerprint density at radius 2 is 2.24 bits per heavy atom. The maximum atomic E-state index is 12.9. The lowest BCUT2D eigenvalue weighted by molar-refractivity contribution is 0.288. The van der Waals surface area contributed by atoms with E-state index in [9.17, 15) is 4.39 Å². The van der Waals surface area contributed by atoms with E-state index in [0.29, 0.717) is 12.4 Å². The third kappa shape index (κ3) is 2.84. The molecule has 4 heteroatoms. The minimum atomic E-state index is -0.294. The number of hydrogen-bond acceptors (Lipinski definition) is 2. The predicted octanol–water partition coefficient (Wildman–Crippen LogP) is 2.93. The molecule has 2 aromatic rings. The van der Waals surface area contributed by atoms with Gasteiger partial charge in [-0.25, -0.2) is 9.37 Å². The van der Waals surface area contributed by atoms with Crippen LogP contribution in [0.25, 0.3) is 0 Å². The number of aryl methyl sites for hydroxylation is 2. The second kappa shape index (κ2) is 4.99. The van der Waals surface area contributed by atoms with E-state index >= 15 is 0 Å². The van der Waals surface area contributed by atoms with Crippen LogP contribution in [-0.4, -0.2) is 9.55 Å². The Morgan fingerprint density at radius 3 is 2.94 bits per heavy atom. The van der Waals surface area contributed by atoms with Crippen LogP contribution >= 0.6 is 0 Å². The SMILES string of the molecule is CCn1cc(C)nc1COc1cccc(F)c1. The van der Waals surface area contributed by atoms with Crippen molar-refractivity contribution in [2.45, 2.75) is 27.0 Å². The van der Waals surface area contributed by atoms with Crippen LogP contribution in [0.3, 0.4) is 0 Å². The lowest BCUT2D eigenvalue weighted by Crippen LogP contribution is -2.05. The minimum absolute atomic E-state index is 0.294. The summed E-state index contributed by atoms with van der Waals surface area (Å²) in [5.74, 6) is 1.08. The molecule has 0 aliphatic rings. The first-order valence-corrected chi connectivity index (χ1v) is 5.60. The van der Waals surface area contributed by atoms with E-state index in [1.165, 1.54) is 12.1 Å². The summed E-state index contributed by atoms with van der Waals surface area (Å²) >= 11 is 0. The van der Waals surface area contributed by atoms with Gasteiger partial charge < -0.3 is 9.30 Å². The van der Waals surface area contributed by atoms with Crippen LogP contribution in [0.15, 0.2) is 30.5 Å². The van der Waals surface area contributed by atoms with Crippen molar-refractivity contribution >= 4 is 0 Å². The summed E-state index contributed by atoms with van der Waals surface area (Å²) in [7, 11) is 0. The van der Waals surface area contributed by atoms with Crippen LogP contribution < -0.4 is 4.74 Å². The first-order chi connectivity index (χ1) is 8.19. The monoisotopic (exact) mass is 234 g/mol. The molecular formula is C13H15FN2O. The largest absolute Gasteiger partial charge is 0.486 e. The fourth-order valence-electron chi connectivity index (χ4n) is 1.69. The topological polar surface area (TPSA) is 27.1 Å². The van der Waals surface area contributed by atoms with Gasteiger partial charge in [0.15, 0.2) is 0 Å². The number of aromatic nitrogens is 2. The Morgan fingerprint density at radius 1 is 1.41 bits per heavy atom. The van der Waals surface area contributed by atoms with Gasteiger partial charge in [0.1, 0.15) is 24.0 Å². The molecule has 1 aromatic heterocycles. The Labute approximate surface area is 99.9 Å². The molecular weight excluding hydrogens is 219 g/mol. The molecule has 0 amide bonds. The Balaban J connectivity index is 2.06. The summed E-state index contributed by atoms with van der Waals surface area (Å²) in [6.07, 6.45) is 1.98. The number of benzene rings is 1. The molecule has 0 saturated heterocycles. The van der Waals surface area contributed by atoms with Crippen LogP contribution in [0.1, 0.15) is 18.4 Å². The van der Waals surface area contributed by atoms with Crippen molar-refractivity contribution < 1.29 is 9.13 Å². The molecule has 0 aliphatic heterocycles. The first-order valence-electron chi connectivity index (χ1n) is 5.60. The normalized spacial score (nSPS) is 10.5. The summed E-state index contributed by atoms with van der Waals surface area (Å²) in [4.78, 5) is 4.36. The molecule has 0 bridgehead atoms. The lowest BCUT2D eigenvalue weighted by Gasteiger charge is -2.07. The molecule has 0 spiro atoms. The fourth-order valence-corrected chi connectivity index (χ4v) is 1.69. The van der Waals surface area contributed by atoms with Crippen LogP contribution in [-0.2, 0) is 13.2 Å². The Bertz CT molecular complexity index is 508. The quantitative estimate of drug-likeness (QED) is 0.813. The molecule has 0 fully saturated rings. The summed E-state index contributed by atoms with van der Waals surface area (Å²) in [5, 5.41) is 0. The number of nitrogens with zero attached hydrogens (tertiary/aromatic N) is 2. The average molecular weight is 234 g/mol. The van der Waals surface area contributed by atoms with Crippen LogP contribution in [0.2, 0.25) is 0 Å². The van der Waals surface area contributed by atoms with Gasteiger partial charge in [-0.15, -0.1) is 0 Å². The van der Waals surface area contributed by atoms with Crippen LogP contribution in [0.5, 0.6) is 5.75 Å². The molecule has 2 rings (SSSR count). The molecule has 3 nitrogen and oxygen atoms in total. The number of rotatable bonds is 4. The van der Waals surface area contributed by atoms with Gasteiger partial charge in [0, 0.05) is 18.8 Å². The maximum absolute atomic E-state index is 12.9. The highest BCUT2D eigenvalue weighted by atomic mass is 19.1. The van der Waals surface area contributed by atoms with E-state index in [4.69, 9.17) is 4.74 Å². The van der Waals surface area contributed by atoms with Gasteiger partial charge in [-0.2, -0.15) is 0 Å². The van der Waals surface area contributed by atoms with E-state index < -0.39 is 0 Å². The third-order valence-corrected chi connectivity index (χ3v) is 2.48. The zero-order chi connectivity index (χ0) is 12.3. The molecule has 1 aromatic carbocycles. The molecule has 17 heavy (non-hydrogen) atoms. The highest BCUT2D eigenvalue weighted by molar-refractivity contribution is 5.22. The molecule has 0 N–H and O–H groups in total. The number of hydrogen-bond donors (Lipinski definition) is 0. The summed E-state index contributed by atoms with van der Waals surface area (Å²) < 4.78 is 20.5. The van der Waals surface area contributed by atoms with Crippen molar-refractivity contribution in [3.63, 3.8) is 0 Å². The van der Waals surface area contributed by atoms with Crippen molar-refractivity contribution in [3.05, 3.63) is 47.8 Å². The third-order valence-electron chi connectivity index (χ3n) is 2.48. The zero-order valence-corrected chi connectivity index (χ0v) is 9.98. The fraction of sp³-hybridized carbons (Fsp3) is 0.308. The molecule has 1 heterocycles. The summed E-state index contributed by atoms with van der Waals surface area (Å²) in [6, 6.07) is 6.12. The van der Waals surface area contributed by atoms with Crippen molar-refractivity contribution in [1.82, 2.24) is 9.55 Å². The minimum Gasteiger partial charge on any atom is -0.486 e. The summed E-state index contributed by atoms with van der Waals surface area (Å²) in [6.45, 7) is 5.19. The van der Waals surface area contributed by atoms with Crippen LogP contribution in [0, 0.1) is 12.7 Å². The van der Waals surface area contributed by atoms with Gasteiger partial charge in [-0.3, -0.25) is 0 Å². The van der Waals surface area contributed by atoms with Gasteiger partial charge in [-0.05, 0) is 26.0 Å². The second-order valence-corrected chi connectivity index (χ2v) is 3.83. The van der Waals surface area contributed by atoms with Crippen molar-refractivity contribution in [2.24, 2.45) is 0 Å². The average Bonchev–Trinajstić information content (AvgIpc) is 2.67. The van der Waals surface area contributed by atoms with E-state index in [0.717, 1.165) is 18.1 Å². The van der Waals surface area contributed by atoms with Gasteiger partial charge in [0.25, 0.3) is 0 Å². The first kappa shape index (κ1) is 11.6. The number of ether oxygens (including phenoxy) is 1. The lowest BCUT2D eigenvalue weighted by atomic mass is 10.3. The zero-order valence-electron chi connectivity index (χ0n) is 9.98. The van der Waals surface area contributed by atoms with E-state index in [1.807, 2.05) is 24.6 Å². The molecule has 0 atom stereocenters. The van der Waals surface area contributed by atoms with Gasteiger partial charge in [-0.1, -0.05) is 6.07 Å². The van der Waals surface area contributed by atoms with E-state index in [-0.39, 0.29) is 5.82 Å².